The van der Waals surface area contributed by atoms with Crippen LogP contribution in [0.2, 0.25) is 0 Å². The number of hydrogen-bond donors (Lipinski definition) is 0. The van der Waals surface area contributed by atoms with E-state index in [2.05, 4.69) is 82.1 Å². The van der Waals surface area contributed by atoms with E-state index in [1.165, 1.54) is 44.9 Å². The van der Waals surface area contributed by atoms with Crippen LogP contribution in [0, 0.1) is 23.2 Å². The number of rotatable bonds is 1. The average Bonchev–Trinajstić information content (AvgIpc) is 3.48. The van der Waals surface area contributed by atoms with Crippen LogP contribution >= 0.6 is 11.5 Å². The zero-order valence-electron chi connectivity index (χ0n) is 17.1. The molecule has 0 saturated heterocycles. The van der Waals surface area contributed by atoms with Gasteiger partial charge in [0.1, 0.15) is 5.52 Å². The molecule has 1 heterocycles. The summed E-state index contributed by atoms with van der Waals surface area (Å²) in [4.78, 5) is 0. The van der Waals surface area contributed by atoms with Crippen molar-refractivity contribution in [2.75, 3.05) is 0 Å². The Labute approximate surface area is 190 Å². The van der Waals surface area contributed by atoms with Crippen molar-refractivity contribution in [3.05, 3.63) is 108 Å². The van der Waals surface area contributed by atoms with Crippen molar-refractivity contribution in [1.82, 2.24) is 9.59 Å². The predicted molar refractivity (Wildman–Crippen MR) is 130 cm³/mol. The summed E-state index contributed by atoms with van der Waals surface area (Å²) in [6.45, 7) is 0. The van der Waals surface area contributed by atoms with Crippen molar-refractivity contribution in [3.63, 3.8) is 0 Å². The zero-order valence-corrected chi connectivity index (χ0v) is 17.9. The van der Waals surface area contributed by atoms with Gasteiger partial charge in [-0.1, -0.05) is 83.2 Å². The molecule has 0 saturated carbocycles. The van der Waals surface area contributed by atoms with E-state index in [-0.39, 0.29) is 0 Å². The summed E-state index contributed by atoms with van der Waals surface area (Å²) in [5.41, 5.74) is 9.90. The van der Waals surface area contributed by atoms with E-state index in [1.807, 2.05) is 30.3 Å². The summed E-state index contributed by atoms with van der Waals surface area (Å²) in [7, 11) is 0. The molecule has 0 bridgehead atoms. The Morgan fingerprint density at radius 1 is 0.719 bits per heavy atom. The van der Waals surface area contributed by atoms with Gasteiger partial charge in [0.25, 0.3) is 0 Å². The Balaban J connectivity index is 0.000000183. The van der Waals surface area contributed by atoms with Crippen LogP contribution in [0.4, 0.5) is 0 Å². The van der Waals surface area contributed by atoms with Gasteiger partial charge in [0.05, 0.1) is 4.70 Å². The van der Waals surface area contributed by atoms with E-state index in [9.17, 15) is 0 Å². The van der Waals surface area contributed by atoms with Gasteiger partial charge < -0.3 is 0 Å². The van der Waals surface area contributed by atoms with Gasteiger partial charge >= 0.3 is 0 Å². The standard InChI is InChI=1S/C19H12N2S.C9H5N/c1-2-6-13-12(5-1)11-17-14(13)7-3-8-15(17)16-9-4-10-18-19(16)20-21-22-18;10-8-4-7-9-5-2-1-3-6-9/h1-10H,11H2;1-3,5-6H. The second-order valence-electron chi connectivity index (χ2n) is 7.32. The van der Waals surface area contributed by atoms with Crippen molar-refractivity contribution >= 4 is 21.7 Å². The maximum atomic E-state index is 8.10. The molecule has 5 aromatic rings. The molecule has 0 unspecified atom stereocenters. The molecule has 0 amide bonds. The Hall–Kier alpha value is -4.25. The first-order chi connectivity index (χ1) is 15.8. The Morgan fingerprint density at radius 3 is 2.25 bits per heavy atom. The van der Waals surface area contributed by atoms with Gasteiger partial charge in [0.15, 0.2) is 6.07 Å². The lowest BCUT2D eigenvalue weighted by Crippen LogP contribution is -1.89. The van der Waals surface area contributed by atoms with Gasteiger partial charge in [-0.25, -0.2) is 0 Å². The molecular formula is C28H17N3S. The zero-order chi connectivity index (χ0) is 21.8. The molecule has 4 heteroatoms. The third-order valence-corrected chi connectivity index (χ3v) is 6.15. The summed E-state index contributed by atoms with van der Waals surface area (Å²) in [6, 6.07) is 32.8. The molecule has 0 radical (unpaired) electrons. The Morgan fingerprint density at radius 2 is 1.41 bits per heavy atom. The monoisotopic (exact) mass is 427 g/mol. The highest BCUT2D eigenvalue weighted by molar-refractivity contribution is 7.13. The molecule has 6 rings (SSSR count). The van der Waals surface area contributed by atoms with Crippen molar-refractivity contribution in [2.45, 2.75) is 6.42 Å². The number of nitriles is 1. The molecule has 3 nitrogen and oxygen atoms in total. The van der Waals surface area contributed by atoms with E-state index in [0.717, 1.165) is 22.2 Å². The third kappa shape index (κ3) is 3.76. The topological polar surface area (TPSA) is 49.6 Å². The first-order valence-electron chi connectivity index (χ1n) is 10.2. The van der Waals surface area contributed by atoms with Crippen molar-refractivity contribution < 1.29 is 0 Å². The van der Waals surface area contributed by atoms with E-state index in [0.29, 0.717) is 0 Å². The van der Waals surface area contributed by atoms with Gasteiger partial charge in [-0.2, -0.15) is 5.26 Å². The largest absolute Gasteiger partial charge is 0.183 e. The SMILES string of the molecule is N#CC#Cc1ccccc1.c1ccc2c(c1)Cc1c-2cccc1-c1cccc2snnc12. The van der Waals surface area contributed by atoms with Crippen LogP contribution < -0.4 is 0 Å². The lowest BCUT2D eigenvalue weighted by atomic mass is 9.95. The van der Waals surface area contributed by atoms with Crippen LogP contribution in [-0.4, -0.2) is 9.59 Å². The highest BCUT2D eigenvalue weighted by Gasteiger charge is 2.22. The van der Waals surface area contributed by atoms with Crippen LogP contribution in [-0.2, 0) is 6.42 Å². The minimum atomic E-state index is 0.879. The lowest BCUT2D eigenvalue weighted by molar-refractivity contribution is 1.20. The molecular weight excluding hydrogens is 410 g/mol. The van der Waals surface area contributed by atoms with Crippen molar-refractivity contribution in [2.24, 2.45) is 0 Å². The van der Waals surface area contributed by atoms with Gasteiger partial charge in [-0.3, -0.25) is 0 Å². The normalized spacial score (nSPS) is 10.7. The summed E-state index contributed by atoms with van der Waals surface area (Å²) in [5, 5.41) is 12.4. The first-order valence-corrected chi connectivity index (χ1v) is 11.0. The minimum Gasteiger partial charge on any atom is -0.183 e. The molecule has 0 aliphatic heterocycles. The molecule has 32 heavy (non-hydrogen) atoms. The molecule has 0 atom stereocenters. The van der Waals surface area contributed by atoms with Crippen LogP contribution in [0.5, 0.6) is 0 Å². The van der Waals surface area contributed by atoms with Crippen LogP contribution in [0.15, 0.2) is 91.0 Å². The average molecular weight is 428 g/mol. The Bertz CT molecular complexity index is 1520. The molecule has 150 valence electrons. The number of fused-ring (bicyclic) bond motifs is 4. The van der Waals surface area contributed by atoms with Crippen molar-refractivity contribution in [1.29, 1.82) is 5.26 Å². The first kappa shape index (κ1) is 19.7. The van der Waals surface area contributed by atoms with E-state index < -0.39 is 0 Å². The fourth-order valence-electron chi connectivity index (χ4n) is 4.05. The maximum Gasteiger partial charge on any atom is 0.152 e. The van der Waals surface area contributed by atoms with Crippen LogP contribution in [0.3, 0.4) is 0 Å². The van der Waals surface area contributed by atoms with Gasteiger partial charge in [-0.15, -0.1) is 5.10 Å². The van der Waals surface area contributed by atoms with Gasteiger partial charge in [0, 0.05) is 17.0 Å². The molecule has 1 aliphatic rings. The smallest absolute Gasteiger partial charge is 0.152 e. The Kier molecular flexibility index (Phi) is 5.45. The highest BCUT2D eigenvalue weighted by Crippen LogP contribution is 2.42. The number of benzene rings is 4. The predicted octanol–water partition coefficient (Wildman–Crippen LogP) is 6.49. The van der Waals surface area contributed by atoms with Crippen molar-refractivity contribution in [3.8, 4) is 40.2 Å². The molecule has 0 spiro atoms. The summed E-state index contributed by atoms with van der Waals surface area (Å²) in [6.07, 6.45) is 0.996. The fourth-order valence-corrected chi connectivity index (χ4v) is 4.64. The molecule has 0 N–H and O–H groups in total. The molecule has 1 aliphatic carbocycles. The third-order valence-electron chi connectivity index (χ3n) is 5.46. The highest BCUT2D eigenvalue weighted by atomic mass is 32.1. The second kappa shape index (κ2) is 8.86. The second-order valence-corrected chi connectivity index (χ2v) is 8.10. The lowest BCUT2D eigenvalue weighted by Gasteiger charge is -2.09. The van der Waals surface area contributed by atoms with Gasteiger partial charge in [-0.05, 0) is 64.0 Å². The maximum absolute atomic E-state index is 8.10. The van der Waals surface area contributed by atoms with E-state index >= 15 is 0 Å². The molecule has 0 fully saturated rings. The van der Waals surface area contributed by atoms with Gasteiger partial charge in [0.2, 0.25) is 0 Å². The van der Waals surface area contributed by atoms with E-state index in [1.54, 1.807) is 6.07 Å². The summed E-state index contributed by atoms with van der Waals surface area (Å²) < 4.78 is 5.26. The fraction of sp³-hybridized carbons (Fsp3) is 0.0357. The summed E-state index contributed by atoms with van der Waals surface area (Å²) in [5.74, 6) is 5.00. The van der Waals surface area contributed by atoms with E-state index in [4.69, 9.17) is 5.26 Å². The minimum absolute atomic E-state index is 0.879. The number of hydrogen-bond acceptors (Lipinski definition) is 4. The number of aromatic nitrogens is 2. The molecule has 1 aromatic heterocycles. The molecule has 4 aromatic carbocycles. The number of nitrogens with zero attached hydrogens (tertiary/aromatic N) is 3. The summed E-state index contributed by atoms with van der Waals surface area (Å²) >= 11 is 1.46. The van der Waals surface area contributed by atoms with Crippen LogP contribution in [0.25, 0.3) is 32.5 Å². The quantitative estimate of drug-likeness (QED) is 0.282. The van der Waals surface area contributed by atoms with Crippen LogP contribution in [0.1, 0.15) is 16.7 Å².